The van der Waals surface area contributed by atoms with Crippen LogP contribution in [0.5, 0.6) is 0 Å². The zero-order valence-electron chi connectivity index (χ0n) is 11.9. The van der Waals surface area contributed by atoms with Gasteiger partial charge in [0.2, 0.25) is 0 Å². The quantitative estimate of drug-likeness (QED) is 0.830. The summed E-state index contributed by atoms with van der Waals surface area (Å²) < 4.78 is 10.7. The van der Waals surface area contributed by atoms with Crippen molar-refractivity contribution in [1.82, 2.24) is 0 Å². The van der Waals surface area contributed by atoms with Crippen LogP contribution in [0.3, 0.4) is 0 Å². The number of hydrogen-bond acceptors (Lipinski definition) is 4. The monoisotopic (exact) mass is 291 g/mol. The SMILES string of the molecule is C/C(C(=O)O)=C(/C)C(=O)Nc1ccc(C2OCCO2)cc1. The molecule has 112 valence electrons. The Morgan fingerprint density at radius 3 is 2.19 bits per heavy atom. The van der Waals surface area contributed by atoms with Crippen LogP contribution in [-0.2, 0) is 19.1 Å². The lowest BCUT2D eigenvalue weighted by atomic mass is 10.1. The Hall–Kier alpha value is -2.18. The zero-order chi connectivity index (χ0) is 15.4. The van der Waals surface area contributed by atoms with Crippen molar-refractivity contribution in [2.24, 2.45) is 0 Å². The lowest BCUT2D eigenvalue weighted by molar-refractivity contribution is -0.133. The summed E-state index contributed by atoms with van der Waals surface area (Å²) in [6.07, 6.45) is -0.356. The number of carbonyl (C=O) groups is 2. The van der Waals surface area contributed by atoms with Crippen LogP contribution in [0.25, 0.3) is 0 Å². The summed E-state index contributed by atoms with van der Waals surface area (Å²) in [6, 6.07) is 7.05. The molecule has 6 nitrogen and oxygen atoms in total. The van der Waals surface area contributed by atoms with Crippen molar-refractivity contribution in [1.29, 1.82) is 0 Å². The number of aliphatic carboxylic acids is 1. The van der Waals surface area contributed by atoms with Gasteiger partial charge in [0.25, 0.3) is 5.91 Å². The van der Waals surface area contributed by atoms with Crippen molar-refractivity contribution < 1.29 is 24.2 Å². The van der Waals surface area contributed by atoms with Crippen LogP contribution >= 0.6 is 0 Å². The third-order valence-corrected chi connectivity index (χ3v) is 3.29. The van der Waals surface area contributed by atoms with Gasteiger partial charge in [-0.3, -0.25) is 4.79 Å². The fourth-order valence-electron chi connectivity index (χ4n) is 1.83. The number of ether oxygens (including phenoxy) is 2. The van der Waals surface area contributed by atoms with Gasteiger partial charge in [0.05, 0.1) is 13.2 Å². The normalized spacial score (nSPS) is 16.5. The average Bonchev–Trinajstić information content (AvgIpc) is 3.00. The molecule has 1 amide bonds. The second-order valence-electron chi connectivity index (χ2n) is 4.70. The van der Waals surface area contributed by atoms with E-state index in [2.05, 4.69) is 5.32 Å². The fourth-order valence-corrected chi connectivity index (χ4v) is 1.83. The number of anilines is 1. The number of amides is 1. The van der Waals surface area contributed by atoms with Gasteiger partial charge < -0.3 is 19.9 Å². The Morgan fingerprint density at radius 2 is 1.67 bits per heavy atom. The molecular weight excluding hydrogens is 274 g/mol. The third kappa shape index (κ3) is 3.68. The lowest BCUT2D eigenvalue weighted by Gasteiger charge is -2.11. The smallest absolute Gasteiger partial charge is 0.331 e. The van der Waals surface area contributed by atoms with E-state index < -0.39 is 11.9 Å². The minimum absolute atomic E-state index is 0.0249. The summed E-state index contributed by atoms with van der Waals surface area (Å²) in [4.78, 5) is 22.7. The molecule has 0 bridgehead atoms. The van der Waals surface area contributed by atoms with Gasteiger partial charge in [-0.2, -0.15) is 0 Å². The van der Waals surface area contributed by atoms with Crippen LogP contribution in [0.4, 0.5) is 5.69 Å². The van der Waals surface area contributed by atoms with Gasteiger partial charge in [-0.25, -0.2) is 4.79 Å². The highest BCUT2D eigenvalue weighted by Gasteiger charge is 2.18. The van der Waals surface area contributed by atoms with Crippen molar-refractivity contribution in [3.8, 4) is 0 Å². The second-order valence-corrected chi connectivity index (χ2v) is 4.70. The standard InChI is InChI=1S/C15H17NO5/c1-9(10(2)14(18)19)13(17)16-12-5-3-11(4-6-12)15-20-7-8-21-15/h3-6,15H,7-8H2,1-2H3,(H,16,17)(H,18,19)/b10-9+. The molecule has 0 radical (unpaired) electrons. The largest absolute Gasteiger partial charge is 0.478 e. The first-order valence-corrected chi connectivity index (χ1v) is 6.54. The van der Waals surface area contributed by atoms with Gasteiger partial charge >= 0.3 is 5.97 Å². The molecule has 21 heavy (non-hydrogen) atoms. The van der Waals surface area contributed by atoms with Gasteiger partial charge in [0.1, 0.15) is 0 Å². The highest BCUT2D eigenvalue weighted by Crippen LogP contribution is 2.24. The molecule has 1 aromatic rings. The number of benzene rings is 1. The summed E-state index contributed by atoms with van der Waals surface area (Å²) in [7, 11) is 0. The van der Waals surface area contributed by atoms with Crippen molar-refractivity contribution in [2.45, 2.75) is 20.1 Å². The first-order chi connectivity index (χ1) is 9.99. The Bertz CT molecular complexity index is 570. The molecule has 2 N–H and O–H groups in total. The predicted molar refractivity (Wildman–Crippen MR) is 75.7 cm³/mol. The zero-order valence-corrected chi connectivity index (χ0v) is 11.9. The van der Waals surface area contributed by atoms with Crippen LogP contribution in [0.1, 0.15) is 25.7 Å². The van der Waals surface area contributed by atoms with E-state index >= 15 is 0 Å². The summed E-state index contributed by atoms with van der Waals surface area (Å²) in [5.41, 5.74) is 1.66. The van der Waals surface area contributed by atoms with E-state index in [1.54, 1.807) is 24.3 Å². The topological polar surface area (TPSA) is 84.9 Å². The van der Waals surface area contributed by atoms with Gasteiger partial charge in [-0.15, -0.1) is 0 Å². The molecule has 1 saturated heterocycles. The number of carboxylic acid groups (broad SMARTS) is 1. The van der Waals surface area contributed by atoms with E-state index in [-0.39, 0.29) is 17.4 Å². The van der Waals surface area contributed by atoms with Gasteiger partial charge in [-0.05, 0) is 26.0 Å². The fraction of sp³-hybridized carbons (Fsp3) is 0.333. The van der Waals surface area contributed by atoms with Gasteiger partial charge in [0.15, 0.2) is 6.29 Å². The van der Waals surface area contributed by atoms with Gasteiger partial charge in [0, 0.05) is 22.4 Å². The highest BCUT2D eigenvalue weighted by atomic mass is 16.7. The highest BCUT2D eigenvalue weighted by molar-refractivity contribution is 6.08. The van der Waals surface area contributed by atoms with Crippen molar-refractivity contribution >= 4 is 17.6 Å². The Balaban J connectivity index is 2.05. The number of carboxylic acids is 1. The Labute approximate surface area is 122 Å². The minimum atomic E-state index is -1.10. The van der Waals surface area contributed by atoms with E-state index in [1.165, 1.54) is 13.8 Å². The molecule has 0 aromatic heterocycles. The summed E-state index contributed by atoms with van der Waals surface area (Å²) in [6.45, 7) is 4.02. The average molecular weight is 291 g/mol. The summed E-state index contributed by atoms with van der Waals surface area (Å²) in [5, 5.41) is 11.5. The van der Waals surface area contributed by atoms with Crippen LogP contribution in [0.15, 0.2) is 35.4 Å². The van der Waals surface area contributed by atoms with Crippen LogP contribution in [-0.4, -0.2) is 30.2 Å². The molecule has 0 saturated carbocycles. The first-order valence-electron chi connectivity index (χ1n) is 6.54. The van der Waals surface area contributed by atoms with Crippen LogP contribution < -0.4 is 5.32 Å². The molecule has 0 unspecified atom stereocenters. The molecule has 1 aliphatic rings. The molecule has 2 rings (SSSR count). The van der Waals surface area contributed by atoms with E-state index in [1.807, 2.05) is 0 Å². The molecule has 1 aliphatic heterocycles. The molecule has 1 heterocycles. The van der Waals surface area contributed by atoms with E-state index in [0.29, 0.717) is 18.9 Å². The molecule has 0 spiro atoms. The molecule has 0 atom stereocenters. The van der Waals surface area contributed by atoms with Crippen LogP contribution in [0.2, 0.25) is 0 Å². The van der Waals surface area contributed by atoms with E-state index in [9.17, 15) is 9.59 Å². The first kappa shape index (κ1) is 15.2. The summed E-state index contributed by atoms with van der Waals surface area (Å²) in [5.74, 6) is -1.54. The minimum Gasteiger partial charge on any atom is -0.478 e. The van der Waals surface area contributed by atoms with Gasteiger partial charge in [-0.1, -0.05) is 12.1 Å². The Kier molecular flexibility index (Phi) is 4.72. The predicted octanol–water partition coefficient (Wildman–Crippen LogP) is 2.09. The third-order valence-electron chi connectivity index (χ3n) is 3.29. The molecular formula is C15H17NO5. The Morgan fingerprint density at radius 1 is 1.10 bits per heavy atom. The van der Waals surface area contributed by atoms with Crippen molar-refractivity contribution in [2.75, 3.05) is 18.5 Å². The van der Waals surface area contributed by atoms with E-state index in [0.717, 1.165) is 5.56 Å². The maximum Gasteiger partial charge on any atom is 0.331 e. The summed E-state index contributed by atoms with van der Waals surface area (Å²) >= 11 is 0. The number of nitrogens with one attached hydrogen (secondary N) is 1. The number of rotatable bonds is 4. The van der Waals surface area contributed by atoms with Crippen LogP contribution in [0, 0.1) is 0 Å². The van der Waals surface area contributed by atoms with Crippen molar-refractivity contribution in [3.63, 3.8) is 0 Å². The number of carbonyl (C=O) groups excluding carboxylic acids is 1. The van der Waals surface area contributed by atoms with Crippen molar-refractivity contribution in [3.05, 3.63) is 41.0 Å². The molecule has 1 fully saturated rings. The second kappa shape index (κ2) is 6.51. The number of hydrogen-bond donors (Lipinski definition) is 2. The molecule has 6 heteroatoms. The lowest BCUT2D eigenvalue weighted by Crippen LogP contribution is -2.16. The maximum absolute atomic E-state index is 11.9. The van der Waals surface area contributed by atoms with E-state index in [4.69, 9.17) is 14.6 Å². The molecule has 0 aliphatic carbocycles. The maximum atomic E-state index is 11.9. The molecule has 1 aromatic carbocycles.